The maximum atomic E-state index is 13.2. The molecule has 0 N–H and O–H groups in total. The van der Waals surface area contributed by atoms with Crippen LogP contribution in [0, 0.1) is 6.92 Å². The van der Waals surface area contributed by atoms with E-state index in [1.807, 2.05) is 59.5 Å². The average Bonchev–Trinajstić information content (AvgIpc) is 2.62. The number of benzene rings is 3. The standard InChI is InChI=1S/C21H17NOS/c1-15-8-7-11-17(14-15)22-20(23)18-12-5-6-13-19(18)24-21(22)16-9-3-2-4-10-16/h2-14,21H,1H3. The lowest BCUT2D eigenvalue weighted by Gasteiger charge is -2.36. The molecule has 0 radical (unpaired) electrons. The normalized spacial score (nSPS) is 16.8. The number of fused-ring (bicyclic) bond motifs is 1. The van der Waals surface area contributed by atoms with E-state index in [0.29, 0.717) is 0 Å². The zero-order valence-corrected chi connectivity index (χ0v) is 14.2. The van der Waals surface area contributed by atoms with Crippen molar-refractivity contribution in [1.82, 2.24) is 0 Å². The lowest BCUT2D eigenvalue weighted by Crippen LogP contribution is -2.36. The van der Waals surface area contributed by atoms with Gasteiger partial charge in [-0.3, -0.25) is 9.69 Å². The molecule has 3 heteroatoms. The summed E-state index contributed by atoms with van der Waals surface area (Å²) in [6.07, 6.45) is 0. The molecule has 1 aliphatic heterocycles. The summed E-state index contributed by atoms with van der Waals surface area (Å²) in [5.41, 5.74) is 4.00. The Kier molecular flexibility index (Phi) is 3.87. The van der Waals surface area contributed by atoms with Crippen LogP contribution < -0.4 is 4.90 Å². The van der Waals surface area contributed by atoms with E-state index in [4.69, 9.17) is 0 Å². The lowest BCUT2D eigenvalue weighted by molar-refractivity contribution is 0.0979. The Bertz CT molecular complexity index is 891. The van der Waals surface area contributed by atoms with Gasteiger partial charge in [0.15, 0.2) is 0 Å². The minimum atomic E-state index is -0.0598. The molecule has 1 aliphatic rings. The number of anilines is 1. The summed E-state index contributed by atoms with van der Waals surface area (Å²) in [7, 11) is 0. The molecular weight excluding hydrogens is 314 g/mol. The molecule has 3 aromatic carbocycles. The van der Waals surface area contributed by atoms with Gasteiger partial charge in [0, 0.05) is 10.6 Å². The average molecular weight is 331 g/mol. The molecular formula is C21H17NOS. The second kappa shape index (κ2) is 6.17. The van der Waals surface area contributed by atoms with Crippen LogP contribution in [0.2, 0.25) is 0 Å². The Morgan fingerprint density at radius 2 is 1.62 bits per heavy atom. The first-order valence-electron chi connectivity index (χ1n) is 7.95. The van der Waals surface area contributed by atoms with Gasteiger partial charge in [-0.25, -0.2) is 0 Å². The Balaban J connectivity index is 1.88. The summed E-state index contributed by atoms with van der Waals surface area (Å²) >= 11 is 1.73. The van der Waals surface area contributed by atoms with Gasteiger partial charge in [0.25, 0.3) is 5.91 Å². The van der Waals surface area contributed by atoms with E-state index >= 15 is 0 Å². The Labute approximate surface area is 146 Å². The third kappa shape index (κ3) is 2.61. The molecule has 1 atom stereocenters. The molecule has 0 bridgehead atoms. The molecule has 0 saturated heterocycles. The molecule has 1 unspecified atom stereocenters. The fourth-order valence-corrected chi connectivity index (χ4v) is 4.32. The summed E-state index contributed by atoms with van der Waals surface area (Å²) < 4.78 is 0. The van der Waals surface area contributed by atoms with Crippen LogP contribution >= 0.6 is 11.8 Å². The minimum absolute atomic E-state index is 0.0591. The molecule has 0 spiro atoms. The molecule has 0 aliphatic carbocycles. The third-order valence-corrected chi connectivity index (χ3v) is 5.49. The molecule has 4 rings (SSSR count). The SMILES string of the molecule is Cc1cccc(N2C(=O)c3ccccc3SC2c2ccccc2)c1. The molecule has 1 heterocycles. The highest BCUT2D eigenvalue weighted by Crippen LogP contribution is 2.46. The van der Waals surface area contributed by atoms with E-state index in [2.05, 4.69) is 31.2 Å². The van der Waals surface area contributed by atoms with Crippen LogP contribution in [0.15, 0.2) is 83.8 Å². The largest absolute Gasteiger partial charge is 0.291 e. The highest BCUT2D eigenvalue weighted by Gasteiger charge is 2.34. The highest BCUT2D eigenvalue weighted by molar-refractivity contribution is 7.99. The molecule has 0 fully saturated rings. The fraction of sp³-hybridized carbons (Fsp3) is 0.0952. The van der Waals surface area contributed by atoms with Crippen LogP contribution in [0.3, 0.4) is 0 Å². The number of nitrogens with zero attached hydrogens (tertiary/aromatic N) is 1. The molecule has 3 aromatic rings. The summed E-state index contributed by atoms with van der Waals surface area (Å²) in [6.45, 7) is 2.05. The van der Waals surface area contributed by atoms with Crippen LogP contribution in [0.1, 0.15) is 26.9 Å². The number of carbonyl (C=O) groups excluding carboxylic acids is 1. The quantitative estimate of drug-likeness (QED) is 0.622. The summed E-state index contributed by atoms with van der Waals surface area (Å²) in [4.78, 5) is 16.2. The summed E-state index contributed by atoms with van der Waals surface area (Å²) in [5, 5.41) is -0.0598. The van der Waals surface area contributed by atoms with Gasteiger partial charge in [0.05, 0.1) is 5.56 Å². The summed E-state index contributed by atoms with van der Waals surface area (Å²) in [5.74, 6) is 0.0591. The number of carbonyl (C=O) groups is 1. The second-order valence-corrected chi connectivity index (χ2v) is 7.01. The van der Waals surface area contributed by atoms with Crippen LogP contribution in [-0.4, -0.2) is 5.91 Å². The molecule has 0 saturated carbocycles. The number of aryl methyl sites for hydroxylation is 1. The Morgan fingerprint density at radius 1 is 0.875 bits per heavy atom. The van der Waals surface area contributed by atoms with Gasteiger partial charge in [-0.1, -0.05) is 66.4 Å². The van der Waals surface area contributed by atoms with E-state index in [9.17, 15) is 4.79 Å². The smallest absolute Gasteiger partial charge is 0.260 e. The number of hydrogen-bond donors (Lipinski definition) is 0. The zero-order chi connectivity index (χ0) is 16.5. The number of thioether (sulfide) groups is 1. The van der Waals surface area contributed by atoms with E-state index in [0.717, 1.165) is 27.3 Å². The van der Waals surface area contributed by atoms with Crippen molar-refractivity contribution in [3.63, 3.8) is 0 Å². The molecule has 0 aromatic heterocycles. The first-order chi connectivity index (χ1) is 11.7. The van der Waals surface area contributed by atoms with Crippen molar-refractivity contribution in [2.24, 2.45) is 0 Å². The van der Waals surface area contributed by atoms with Crippen LogP contribution in [0.25, 0.3) is 0 Å². The fourth-order valence-electron chi connectivity index (χ4n) is 3.02. The van der Waals surface area contributed by atoms with Crippen LogP contribution in [-0.2, 0) is 0 Å². The molecule has 118 valence electrons. The van der Waals surface area contributed by atoms with Gasteiger partial charge < -0.3 is 0 Å². The number of rotatable bonds is 2. The number of hydrogen-bond acceptors (Lipinski definition) is 2. The van der Waals surface area contributed by atoms with Crippen molar-refractivity contribution >= 4 is 23.4 Å². The van der Waals surface area contributed by atoms with Gasteiger partial charge in [-0.05, 0) is 42.3 Å². The van der Waals surface area contributed by atoms with Crippen molar-refractivity contribution in [1.29, 1.82) is 0 Å². The molecule has 2 nitrogen and oxygen atoms in total. The van der Waals surface area contributed by atoms with Crippen LogP contribution in [0.5, 0.6) is 0 Å². The van der Waals surface area contributed by atoms with Gasteiger partial charge in [0.2, 0.25) is 0 Å². The predicted molar refractivity (Wildman–Crippen MR) is 99.5 cm³/mol. The first-order valence-corrected chi connectivity index (χ1v) is 8.83. The lowest BCUT2D eigenvalue weighted by atomic mass is 10.1. The van der Waals surface area contributed by atoms with Crippen molar-refractivity contribution in [3.05, 3.63) is 95.6 Å². The van der Waals surface area contributed by atoms with Gasteiger partial charge in [-0.15, -0.1) is 0 Å². The van der Waals surface area contributed by atoms with Crippen molar-refractivity contribution in [2.75, 3.05) is 4.90 Å². The topological polar surface area (TPSA) is 20.3 Å². The van der Waals surface area contributed by atoms with Gasteiger partial charge >= 0.3 is 0 Å². The second-order valence-electron chi connectivity index (χ2n) is 5.89. The number of amides is 1. The van der Waals surface area contributed by atoms with Crippen molar-refractivity contribution in [3.8, 4) is 0 Å². The van der Waals surface area contributed by atoms with Crippen molar-refractivity contribution < 1.29 is 4.79 Å². The summed E-state index contributed by atoms with van der Waals surface area (Å²) in [6, 6.07) is 26.2. The molecule has 24 heavy (non-hydrogen) atoms. The van der Waals surface area contributed by atoms with E-state index < -0.39 is 0 Å². The van der Waals surface area contributed by atoms with E-state index in [1.54, 1.807) is 11.8 Å². The van der Waals surface area contributed by atoms with E-state index in [-0.39, 0.29) is 11.3 Å². The first kappa shape index (κ1) is 15.0. The highest BCUT2D eigenvalue weighted by atomic mass is 32.2. The van der Waals surface area contributed by atoms with E-state index in [1.165, 1.54) is 0 Å². The Morgan fingerprint density at radius 3 is 2.42 bits per heavy atom. The monoisotopic (exact) mass is 331 g/mol. The maximum Gasteiger partial charge on any atom is 0.260 e. The van der Waals surface area contributed by atoms with Crippen molar-refractivity contribution in [2.45, 2.75) is 17.2 Å². The minimum Gasteiger partial charge on any atom is -0.291 e. The molecule has 1 amide bonds. The van der Waals surface area contributed by atoms with Gasteiger partial charge in [0.1, 0.15) is 5.37 Å². The van der Waals surface area contributed by atoms with Gasteiger partial charge in [-0.2, -0.15) is 0 Å². The van der Waals surface area contributed by atoms with Crippen LogP contribution in [0.4, 0.5) is 5.69 Å². The zero-order valence-electron chi connectivity index (χ0n) is 13.3. The Hall–Kier alpha value is -2.52. The third-order valence-electron chi connectivity index (χ3n) is 4.17. The predicted octanol–water partition coefficient (Wildman–Crippen LogP) is 5.45. The maximum absolute atomic E-state index is 13.2.